The summed E-state index contributed by atoms with van der Waals surface area (Å²) in [5.41, 5.74) is 2.01. The summed E-state index contributed by atoms with van der Waals surface area (Å²) in [6.07, 6.45) is 0.145. The van der Waals surface area contributed by atoms with Gasteiger partial charge in [0.1, 0.15) is 11.5 Å². The van der Waals surface area contributed by atoms with Gasteiger partial charge in [-0.2, -0.15) is 0 Å². The van der Waals surface area contributed by atoms with Crippen molar-refractivity contribution in [2.24, 2.45) is 0 Å². The fraction of sp³-hybridized carbons (Fsp3) is 0.190. The molecule has 8 heteroatoms. The van der Waals surface area contributed by atoms with E-state index in [1.54, 1.807) is 23.6 Å². The van der Waals surface area contributed by atoms with Gasteiger partial charge in [0.25, 0.3) is 5.91 Å². The van der Waals surface area contributed by atoms with Crippen LogP contribution in [0.5, 0.6) is 11.5 Å². The highest BCUT2D eigenvalue weighted by Gasteiger charge is 2.13. The Morgan fingerprint density at radius 3 is 2.38 bits per heavy atom. The molecule has 1 heterocycles. The van der Waals surface area contributed by atoms with E-state index in [0.717, 1.165) is 5.56 Å². The molecule has 0 saturated carbocycles. The molecule has 0 aliphatic heterocycles. The summed E-state index contributed by atoms with van der Waals surface area (Å²) in [4.78, 5) is 28.9. The molecule has 0 unspecified atom stereocenters. The molecular formula is C21H21N3O4S. The van der Waals surface area contributed by atoms with Crippen LogP contribution in [0.4, 0.5) is 5.13 Å². The quantitative estimate of drug-likeness (QED) is 0.594. The molecule has 0 aliphatic rings. The zero-order valence-corrected chi connectivity index (χ0v) is 16.9. The van der Waals surface area contributed by atoms with E-state index in [4.69, 9.17) is 9.47 Å². The summed E-state index contributed by atoms with van der Waals surface area (Å²) >= 11 is 1.26. The van der Waals surface area contributed by atoms with Crippen molar-refractivity contribution < 1.29 is 19.1 Å². The Morgan fingerprint density at radius 1 is 1.03 bits per heavy atom. The molecule has 0 saturated heterocycles. The maximum atomic E-state index is 12.5. The molecule has 3 rings (SSSR count). The molecule has 7 nitrogen and oxygen atoms in total. The molecule has 3 aromatic rings. The molecule has 29 heavy (non-hydrogen) atoms. The van der Waals surface area contributed by atoms with Crippen molar-refractivity contribution in [3.8, 4) is 11.5 Å². The number of aromatic nitrogens is 1. The predicted molar refractivity (Wildman–Crippen MR) is 112 cm³/mol. The molecule has 150 valence electrons. The van der Waals surface area contributed by atoms with Crippen LogP contribution in [0.3, 0.4) is 0 Å². The van der Waals surface area contributed by atoms with E-state index in [1.165, 1.54) is 25.6 Å². The number of anilines is 1. The van der Waals surface area contributed by atoms with Crippen LogP contribution < -0.4 is 20.1 Å². The summed E-state index contributed by atoms with van der Waals surface area (Å²) in [5.74, 6) is 0.569. The van der Waals surface area contributed by atoms with Crippen LogP contribution in [0.2, 0.25) is 0 Å². The van der Waals surface area contributed by atoms with Crippen LogP contribution in [0.25, 0.3) is 0 Å². The first-order valence-corrected chi connectivity index (χ1v) is 9.75. The summed E-state index contributed by atoms with van der Waals surface area (Å²) in [7, 11) is 3.04. The zero-order valence-electron chi connectivity index (χ0n) is 16.1. The second-order valence-corrected chi connectivity index (χ2v) is 7.00. The Balaban J connectivity index is 1.57. The minimum atomic E-state index is -0.336. The van der Waals surface area contributed by atoms with Gasteiger partial charge in [0.05, 0.1) is 26.3 Å². The summed E-state index contributed by atoms with van der Waals surface area (Å²) in [6, 6.07) is 14.6. The maximum absolute atomic E-state index is 12.5. The van der Waals surface area contributed by atoms with Gasteiger partial charge in [-0.05, 0) is 17.7 Å². The average molecular weight is 411 g/mol. The van der Waals surface area contributed by atoms with Crippen LogP contribution in [-0.4, -0.2) is 31.0 Å². The summed E-state index contributed by atoms with van der Waals surface area (Å²) in [6.45, 7) is 0.463. The molecule has 0 spiro atoms. The third kappa shape index (κ3) is 5.79. The monoisotopic (exact) mass is 411 g/mol. The van der Waals surface area contributed by atoms with Crippen molar-refractivity contribution in [1.29, 1.82) is 0 Å². The van der Waals surface area contributed by atoms with Gasteiger partial charge in [-0.15, -0.1) is 11.3 Å². The first-order valence-electron chi connectivity index (χ1n) is 8.87. The van der Waals surface area contributed by atoms with E-state index in [2.05, 4.69) is 15.6 Å². The molecule has 2 N–H and O–H groups in total. The Hall–Kier alpha value is -3.39. The van der Waals surface area contributed by atoms with E-state index >= 15 is 0 Å². The summed E-state index contributed by atoms with van der Waals surface area (Å²) in [5, 5.41) is 7.77. The van der Waals surface area contributed by atoms with E-state index in [1.807, 2.05) is 30.3 Å². The lowest BCUT2D eigenvalue weighted by Gasteiger charge is -2.08. The molecule has 0 atom stereocenters. The molecule has 1 aromatic heterocycles. The van der Waals surface area contributed by atoms with Crippen molar-refractivity contribution >= 4 is 28.3 Å². The number of thiazole rings is 1. The maximum Gasteiger partial charge on any atom is 0.257 e. The Morgan fingerprint density at radius 2 is 1.72 bits per heavy atom. The molecule has 0 bridgehead atoms. The number of nitrogens with zero attached hydrogens (tertiary/aromatic N) is 1. The molecular weight excluding hydrogens is 390 g/mol. The van der Waals surface area contributed by atoms with Gasteiger partial charge in [0.15, 0.2) is 5.13 Å². The van der Waals surface area contributed by atoms with Crippen molar-refractivity contribution in [1.82, 2.24) is 10.3 Å². The SMILES string of the molecule is COc1cc(OC)cc(C(=O)Nc2nc(CC(=O)NCc3ccccc3)cs2)c1. The van der Waals surface area contributed by atoms with Gasteiger partial charge in [-0.25, -0.2) is 4.98 Å². The highest BCUT2D eigenvalue weighted by atomic mass is 32.1. The van der Waals surface area contributed by atoms with Gasteiger partial charge < -0.3 is 14.8 Å². The number of benzene rings is 2. The lowest BCUT2D eigenvalue weighted by Crippen LogP contribution is -2.24. The second-order valence-electron chi connectivity index (χ2n) is 6.14. The number of amides is 2. The number of methoxy groups -OCH3 is 2. The molecule has 0 fully saturated rings. The second kappa shape index (κ2) is 9.70. The van der Waals surface area contributed by atoms with Crippen molar-refractivity contribution in [3.05, 3.63) is 70.7 Å². The first-order chi connectivity index (χ1) is 14.1. The minimum Gasteiger partial charge on any atom is -0.497 e. The molecule has 2 aromatic carbocycles. The van der Waals surface area contributed by atoms with Gasteiger partial charge in [-0.1, -0.05) is 30.3 Å². The predicted octanol–water partition coefficient (Wildman–Crippen LogP) is 3.27. The topological polar surface area (TPSA) is 89.6 Å². The Labute approximate surface area is 172 Å². The first kappa shape index (κ1) is 20.3. The lowest BCUT2D eigenvalue weighted by atomic mass is 10.2. The van der Waals surface area contributed by atoms with E-state index in [0.29, 0.717) is 34.4 Å². The third-order valence-electron chi connectivity index (χ3n) is 4.06. The van der Waals surface area contributed by atoms with Gasteiger partial charge in [0.2, 0.25) is 5.91 Å². The van der Waals surface area contributed by atoms with Crippen molar-refractivity contribution in [2.45, 2.75) is 13.0 Å². The normalized spacial score (nSPS) is 10.3. The van der Waals surface area contributed by atoms with Gasteiger partial charge in [0, 0.05) is 23.6 Å². The number of hydrogen-bond acceptors (Lipinski definition) is 6. The number of rotatable bonds is 8. The van der Waals surface area contributed by atoms with Crippen LogP contribution in [0.15, 0.2) is 53.9 Å². The Kier molecular flexibility index (Phi) is 6.80. The van der Waals surface area contributed by atoms with Crippen LogP contribution >= 0.6 is 11.3 Å². The Bertz CT molecular complexity index is 966. The van der Waals surface area contributed by atoms with Crippen LogP contribution in [-0.2, 0) is 17.8 Å². The number of carbonyl (C=O) groups is 2. The standard InChI is InChI=1S/C21H21N3O4S/c1-27-17-8-15(9-18(11-17)28-2)20(26)24-21-23-16(13-29-21)10-19(25)22-12-14-6-4-3-5-7-14/h3-9,11,13H,10,12H2,1-2H3,(H,22,25)(H,23,24,26). The molecule has 0 radical (unpaired) electrons. The number of ether oxygens (including phenoxy) is 2. The highest BCUT2D eigenvalue weighted by Crippen LogP contribution is 2.24. The highest BCUT2D eigenvalue weighted by molar-refractivity contribution is 7.14. The largest absolute Gasteiger partial charge is 0.497 e. The smallest absolute Gasteiger partial charge is 0.257 e. The third-order valence-corrected chi connectivity index (χ3v) is 4.87. The van der Waals surface area contributed by atoms with Crippen molar-refractivity contribution in [3.63, 3.8) is 0 Å². The number of hydrogen-bond donors (Lipinski definition) is 2. The van der Waals surface area contributed by atoms with Crippen molar-refractivity contribution in [2.75, 3.05) is 19.5 Å². The number of carbonyl (C=O) groups excluding carboxylic acids is 2. The number of nitrogens with one attached hydrogen (secondary N) is 2. The summed E-state index contributed by atoms with van der Waals surface area (Å²) < 4.78 is 10.4. The fourth-order valence-electron chi connectivity index (χ4n) is 2.58. The molecule has 2 amide bonds. The van der Waals surface area contributed by atoms with Crippen LogP contribution in [0, 0.1) is 0 Å². The lowest BCUT2D eigenvalue weighted by molar-refractivity contribution is -0.120. The molecule has 0 aliphatic carbocycles. The zero-order chi connectivity index (χ0) is 20.6. The minimum absolute atomic E-state index is 0.130. The van der Waals surface area contributed by atoms with Gasteiger partial charge >= 0.3 is 0 Å². The average Bonchev–Trinajstić information content (AvgIpc) is 3.19. The fourth-order valence-corrected chi connectivity index (χ4v) is 3.28. The van der Waals surface area contributed by atoms with E-state index in [-0.39, 0.29) is 18.2 Å². The van der Waals surface area contributed by atoms with E-state index in [9.17, 15) is 9.59 Å². The van der Waals surface area contributed by atoms with Gasteiger partial charge in [-0.3, -0.25) is 14.9 Å². The van der Waals surface area contributed by atoms with Crippen LogP contribution in [0.1, 0.15) is 21.6 Å². The van der Waals surface area contributed by atoms with E-state index < -0.39 is 0 Å².